The molecule has 3 aromatic rings. The molecule has 0 atom stereocenters. The fourth-order valence-corrected chi connectivity index (χ4v) is 3.96. The number of nitrogens with zero attached hydrogens (tertiary/aromatic N) is 3. The lowest BCUT2D eigenvalue weighted by atomic mass is 9.93. The van der Waals surface area contributed by atoms with Gasteiger partial charge in [0.15, 0.2) is 0 Å². The standard InChI is InChI=1S/C23H30N4O/c1-16-6-8-20-22(17(16)2)26-23(25-20)19-7-9-21(24-15-19)28-14-4-5-18-10-12-27(3)13-11-18/h6-9,15,18H,4-5,10-14H2,1-3H3,(H,25,26). The number of aryl methyl sites for hydroxylation is 2. The van der Waals surface area contributed by atoms with Gasteiger partial charge in [0, 0.05) is 17.8 Å². The zero-order valence-electron chi connectivity index (χ0n) is 17.2. The number of ether oxygens (including phenoxy) is 1. The Balaban J connectivity index is 1.32. The molecule has 0 unspecified atom stereocenters. The van der Waals surface area contributed by atoms with Crippen LogP contribution in [0, 0.1) is 19.8 Å². The van der Waals surface area contributed by atoms with Crippen LogP contribution in [0.1, 0.15) is 36.8 Å². The minimum Gasteiger partial charge on any atom is -0.478 e. The summed E-state index contributed by atoms with van der Waals surface area (Å²) in [4.78, 5) is 15.1. The summed E-state index contributed by atoms with van der Waals surface area (Å²) in [6.07, 6.45) is 6.83. The van der Waals surface area contributed by atoms with Crippen molar-refractivity contribution in [2.45, 2.75) is 39.5 Å². The number of piperidine rings is 1. The minimum atomic E-state index is 0.690. The first-order valence-electron chi connectivity index (χ1n) is 10.3. The first-order chi connectivity index (χ1) is 13.6. The average molecular weight is 379 g/mol. The van der Waals surface area contributed by atoms with Crippen LogP contribution in [0.5, 0.6) is 5.88 Å². The Morgan fingerprint density at radius 1 is 1.14 bits per heavy atom. The Kier molecular flexibility index (Phi) is 5.62. The lowest BCUT2D eigenvalue weighted by molar-refractivity contribution is 0.199. The largest absolute Gasteiger partial charge is 0.478 e. The van der Waals surface area contributed by atoms with E-state index < -0.39 is 0 Å². The van der Waals surface area contributed by atoms with Crippen LogP contribution in [0.3, 0.4) is 0 Å². The number of aromatic amines is 1. The van der Waals surface area contributed by atoms with Gasteiger partial charge < -0.3 is 14.6 Å². The van der Waals surface area contributed by atoms with Crippen molar-refractivity contribution < 1.29 is 4.74 Å². The lowest BCUT2D eigenvalue weighted by Crippen LogP contribution is -2.30. The number of nitrogens with one attached hydrogen (secondary N) is 1. The normalized spacial score (nSPS) is 16.0. The summed E-state index contributed by atoms with van der Waals surface area (Å²) >= 11 is 0. The second-order valence-electron chi connectivity index (χ2n) is 8.11. The van der Waals surface area contributed by atoms with Gasteiger partial charge in [0.05, 0.1) is 17.6 Å². The van der Waals surface area contributed by atoms with E-state index in [1.807, 2.05) is 18.3 Å². The molecule has 0 radical (unpaired) electrons. The lowest BCUT2D eigenvalue weighted by Gasteiger charge is -2.28. The SMILES string of the molecule is Cc1ccc2[nH]c(-c3ccc(OCCCC4CCN(C)CC4)nc3)nc2c1C. The van der Waals surface area contributed by atoms with Crippen molar-refractivity contribution in [1.29, 1.82) is 0 Å². The van der Waals surface area contributed by atoms with Crippen LogP contribution in [0.2, 0.25) is 0 Å². The van der Waals surface area contributed by atoms with Gasteiger partial charge in [0.25, 0.3) is 0 Å². The molecule has 5 nitrogen and oxygen atoms in total. The highest BCUT2D eigenvalue weighted by molar-refractivity contribution is 5.83. The van der Waals surface area contributed by atoms with E-state index in [0.29, 0.717) is 5.88 Å². The van der Waals surface area contributed by atoms with E-state index in [1.165, 1.54) is 43.5 Å². The molecule has 148 valence electrons. The van der Waals surface area contributed by atoms with E-state index in [1.54, 1.807) is 0 Å². The maximum Gasteiger partial charge on any atom is 0.213 e. The Hall–Kier alpha value is -2.40. The third-order valence-corrected chi connectivity index (χ3v) is 6.03. The zero-order chi connectivity index (χ0) is 19.5. The van der Waals surface area contributed by atoms with Gasteiger partial charge in [-0.15, -0.1) is 0 Å². The van der Waals surface area contributed by atoms with Gasteiger partial charge >= 0.3 is 0 Å². The van der Waals surface area contributed by atoms with Crippen molar-refractivity contribution in [3.05, 3.63) is 41.6 Å². The van der Waals surface area contributed by atoms with Crippen LogP contribution in [0.25, 0.3) is 22.4 Å². The third-order valence-electron chi connectivity index (χ3n) is 6.03. The molecule has 1 aliphatic heterocycles. The van der Waals surface area contributed by atoms with E-state index in [0.717, 1.165) is 41.4 Å². The molecule has 1 aliphatic rings. The van der Waals surface area contributed by atoms with Crippen LogP contribution >= 0.6 is 0 Å². The first-order valence-corrected chi connectivity index (χ1v) is 10.3. The maximum absolute atomic E-state index is 5.85. The summed E-state index contributed by atoms with van der Waals surface area (Å²) in [7, 11) is 2.21. The molecule has 2 aromatic heterocycles. The molecule has 0 aliphatic carbocycles. The average Bonchev–Trinajstić information content (AvgIpc) is 3.15. The number of likely N-dealkylation sites (tertiary alicyclic amines) is 1. The summed E-state index contributed by atoms with van der Waals surface area (Å²) in [5.74, 6) is 2.40. The Labute approximate surface area is 167 Å². The number of H-pyrrole nitrogens is 1. The van der Waals surface area contributed by atoms with Crippen LogP contribution < -0.4 is 4.74 Å². The van der Waals surface area contributed by atoms with E-state index in [-0.39, 0.29) is 0 Å². The molecule has 1 N–H and O–H groups in total. The van der Waals surface area contributed by atoms with Crippen LogP contribution in [-0.4, -0.2) is 46.6 Å². The zero-order valence-corrected chi connectivity index (χ0v) is 17.2. The smallest absolute Gasteiger partial charge is 0.213 e. The summed E-state index contributed by atoms with van der Waals surface area (Å²) in [6, 6.07) is 8.18. The summed E-state index contributed by atoms with van der Waals surface area (Å²) in [6.45, 7) is 7.43. The van der Waals surface area contributed by atoms with Crippen molar-refractivity contribution in [1.82, 2.24) is 19.9 Å². The van der Waals surface area contributed by atoms with Crippen molar-refractivity contribution in [2.75, 3.05) is 26.7 Å². The molecular weight excluding hydrogens is 348 g/mol. The van der Waals surface area contributed by atoms with E-state index >= 15 is 0 Å². The molecule has 3 heterocycles. The summed E-state index contributed by atoms with van der Waals surface area (Å²) in [5, 5.41) is 0. The van der Waals surface area contributed by atoms with E-state index in [4.69, 9.17) is 9.72 Å². The van der Waals surface area contributed by atoms with Crippen LogP contribution in [0.4, 0.5) is 0 Å². The van der Waals surface area contributed by atoms with Gasteiger partial charge in [-0.2, -0.15) is 0 Å². The fraction of sp³-hybridized carbons (Fsp3) is 0.478. The minimum absolute atomic E-state index is 0.690. The quantitative estimate of drug-likeness (QED) is 0.629. The molecule has 0 saturated carbocycles. The van der Waals surface area contributed by atoms with Gasteiger partial charge in [-0.25, -0.2) is 9.97 Å². The maximum atomic E-state index is 5.85. The molecule has 1 saturated heterocycles. The van der Waals surface area contributed by atoms with Crippen molar-refractivity contribution in [3.63, 3.8) is 0 Å². The molecule has 0 amide bonds. The first kappa shape index (κ1) is 18.9. The molecular formula is C23H30N4O. The predicted octanol–water partition coefficient (Wildman–Crippen LogP) is 4.74. The molecule has 4 rings (SSSR count). The molecule has 0 bridgehead atoms. The predicted molar refractivity (Wildman–Crippen MR) is 114 cm³/mol. The van der Waals surface area contributed by atoms with Crippen molar-refractivity contribution in [2.24, 2.45) is 5.92 Å². The molecule has 1 fully saturated rings. The van der Waals surface area contributed by atoms with Crippen molar-refractivity contribution in [3.8, 4) is 17.3 Å². The van der Waals surface area contributed by atoms with Crippen LogP contribution in [-0.2, 0) is 0 Å². The van der Waals surface area contributed by atoms with Crippen LogP contribution in [0.15, 0.2) is 30.5 Å². The fourth-order valence-electron chi connectivity index (χ4n) is 3.96. The molecule has 5 heteroatoms. The monoisotopic (exact) mass is 378 g/mol. The van der Waals surface area contributed by atoms with Gasteiger partial charge in [-0.1, -0.05) is 6.07 Å². The number of aromatic nitrogens is 3. The summed E-state index contributed by atoms with van der Waals surface area (Å²) in [5.41, 5.74) is 5.55. The number of hydrogen-bond donors (Lipinski definition) is 1. The number of hydrogen-bond acceptors (Lipinski definition) is 4. The molecule has 28 heavy (non-hydrogen) atoms. The number of fused-ring (bicyclic) bond motifs is 1. The second-order valence-corrected chi connectivity index (χ2v) is 8.11. The number of imidazole rings is 1. The molecule has 0 spiro atoms. The number of rotatable bonds is 6. The third kappa shape index (κ3) is 4.20. The van der Waals surface area contributed by atoms with Gasteiger partial charge in [-0.3, -0.25) is 0 Å². The Morgan fingerprint density at radius 2 is 1.96 bits per heavy atom. The number of pyridine rings is 1. The van der Waals surface area contributed by atoms with E-state index in [2.05, 4.69) is 47.9 Å². The van der Waals surface area contributed by atoms with E-state index in [9.17, 15) is 0 Å². The number of benzene rings is 1. The summed E-state index contributed by atoms with van der Waals surface area (Å²) < 4.78 is 5.85. The van der Waals surface area contributed by atoms with Gasteiger partial charge in [0.1, 0.15) is 5.82 Å². The highest BCUT2D eigenvalue weighted by atomic mass is 16.5. The topological polar surface area (TPSA) is 54.0 Å². The van der Waals surface area contributed by atoms with Gasteiger partial charge in [0.2, 0.25) is 5.88 Å². The second kappa shape index (κ2) is 8.31. The Bertz CT molecular complexity index is 924. The molecule has 1 aromatic carbocycles. The Morgan fingerprint density at radius 3 is 2.71 bits per heavy atom. The highest BCUT2D eigenvalue weighted by Crippen LogP contribution is 2.25. The van der Waals surface area contributed by atoms with Crippen molar-refractivity contribution >= 4 is 11.0 Å². The highest BCUT2D eigenvalue weighted by Gasteiger charge is 2.16. The van der Waals surface area contributed by atoms with Gasteiger partial charge in [-0.05, 0) is 88.8 Å².